The molecule has 0 radical (unpaired) electrons. The monoisotopic (exact) mass is 446 g/mol. The predicted octanol–water partition coefficient (Wildman–Crippen LogP) is 5.18. The quantitative estimate of drug-likeness (QED) is 0.642. The topological polar surface area (TPSA) is 62.1 Å². The highest BCUT2D eigenvalue weighted by atomic mass is 79.9. The summed E-state index contributed by atoms with van der Waals surface area (Å²) in [5.41, 5.74) is 1.33. The van der Waals surface area contributed by atoms with Crippen LogP contribution in [0.4, 0.5) is 5.69 Å². The second-order valence-electron chi connectivity index (χ2n) is 5.86. The predicted molar refractivity (Wildman–Crippen MR) is 113 cm³/mol. The SMILES string of the molecule is CCCN1C(=O)/C(=C/c2cc(Br)ccc2O)SC1=Nc1ccc(OC)cc1. The van der Waals surface area contributed by atoms with E-state index in [9.17, 15) is 9.90 Å². The number of thioether (sulfide) groups is 1. The van der Waals surface area contributed by atoms with Crippen molar-refractivity contribution in [2.24, 2.45) is 4.99 Å². The molecule has 0 spiro atoms. The third kappa shape index (κ3) is 4.54. The summed E-state index contributed by atoms with van der Waals surface area (Å²) in [5.74, 6) is 0.778. The Hall–Kier alpha value is -2.25. The van der Waals surface area contributed by atoms with Crippen LogP contribution in [0.3, 0.4) is 0 Å². The van der Waals surface area contributed by atoms with E-state index in [1.807, 2.05) is 31.2 Å². The maximum Gasteiger partial charge on any atom is 0.266 e. The van der Waals surface area contributed by atoms with E-state index >= 15 is 0 Å². The van der Waals surface area contributed by atoms with Crippen molar-refractivity contribution in [1.82, 2.24) is 4.90 Å². The van der Waals surface area contributed by atoms with Gasteiger partial charge in [0.2, 0.25) is 0 Å². The molecule has 1 aliphatic heterocycles. The number of hydrogen-bond donors (Lipinski definition) is 1. The summed E-state index contributed by atoms with van der Waals surface area (Å²) in [4.78, 5) is 19.7. The van der Waals surface area contributed by atoms with Gasteiger partial charge in [-0.15, -0.1) is 0 Å². The fraction of sp³-hybridized carbons (Fsp3) is 0.200. The number of benzene rings is 2. The van der Waals surface area contributed by atoms with Gasteiger partial charge in [0.05, 0.1) is 17.7 Å². The molecule has 1 aliphatic rings. The average molecular weight is 447 g/mol. The second-order valence-corrected chi connectivity index (χ2v) is 7.79. The molecule has 0 atom stereocenters. The minimum absolute atomic E-state index is 0.103. The van der Waals surface area contributed by atoms with Crippen molar-refractivity contribution in [1.29, 1.82) is 0 Å². The van der Waals surface area contributed by atoms with Gasteiger partial charge < -0.3 is 9.84 Å². The first-order valence-corrected chi connectivity index (χ1v) is 10.1. The smallest absolute Gasteiger partial charge is 0.266 e. The molecule has 1 heterocycles. The molecule has 27 heavy (non-hydrogen) atoms. The Morgan fingerprint density at radius 2 is 2.00 bits per heavy atom. The van der Waals surface area contributed by atoms with Gasteiger partial charge >= 0.3 is 0 Å². The first-order chi connectivity index (χ1) is 13.0. The van der Waals surface area contributed by atoms with Crippen LogP contribution >= 0.6 is 27.7 Å². The van der Waals surface area contributed by atoms with E-state index in [1.54, 1.807) is 36.3 Å². The maximum atomic E-state index is 12.8. The number of amidine groups is 1. The molecule has 0 bridgehead atoms. The van der Waals surface area contributed by atoms with E-state index in [2.05, 4.69) is 20.9 Å². The molecule has 2 aromatic rings. The lowest BCUT2D eigenvalue weighted by Gasteiger charge is -2.14. The Labute approximate surface area is 170 Å². The Balaban J connectivity index is 1.94. The number of aromatic hydroxyl groups is 1. The third-order valence-corrected chi connectivity index (χ3v) is 5.41. The van der Waals surface area contributed by atoms with Gasteiger partial charge in [-0.25, -0.2) is 4.99 Å². The van der Waals surface area contributed by atoms with Crippen molar-refractivity contribution in [2.45, 2.75) is 13.3 Å². The molecule has 5 nitrogen and oxygen atoms in total. The largest absolute Gasteiger partial charge is 0.507 e. The van der Waals surface area contributed by atoms with Crippen LogP contribution in [-0.2, 0) is 4.79 Å². The van der Waals surface area contributed by atoms with E-state index in [0.29, 0.717) is 22.2 Å². The summed E-state index contributed by atoms with van der Waals surface area (Å²) < 4.78 is 6.00. The van der Waals surface area contributed by atoms with Gasteiger partial charge in [-0.2, -0.15) is 0 Å². The molecule has 0 saturated carbocycles. The zero-order valence-electron chi connectivity index (χ0n) is 15.0. The molecule has 0 aromatic heterocycles. The number of aliphatic imine (C=N–C) groups is 1. The van der Waals surface area contributed by atoms with Gasteiger partial charge in [0.25, 0.3) is 5.91 Å². The third-order valence-electron chi connectivity index (χ3n) is 3.91. The van der Waals surface area contributed by atoms with E-state index < -0.39 is 0 Å². The maximum absolute atomic E-state index is 12.8. The number of nitrogens with zero attached hydrogens (tertiary/aromatic N) is 2. The lowest BCUT2D eigenvalue weighted by Crippen LogP contribution is -2.29. The fourth-order valence-corrected chi connectivity index (χ4v) is 3.96. The minimum Gasteiger partial charge on any atom is -0.507 e. The molecule has 0 unspecified atom stereocenters. The van der Waals surface area contributed by atoms with Gasteiger partial charge in [-0.3, -0.25) is 9.69 Å². The van der Waals surface area contributed by atoms with E-state index in [0.717, 1.165) is 22.3 Å². The Kier molecular flexibility index (Phi) is 6.23. The number of hydrogen-bond acceptors (Lipinski definition) is 5. The van der Waals surface area contributed by atoms with Crippen molar-refractivity contribution in [3.63, 3.8) is 0 Å². The zero-order valence-corrected chi connectivity index (χ0v) is 17.4. The summed E-state index contributed by atoms with van der Waals surface area (Å²) in [5, 5.41) is 10.7. The first-order valence-electron chi connectivity index (χ1n) is 8.44. The molecule has 1 N–H and O–H groups in total. The molecule has 1 amide bonds. The zero-order chi connectivity index (χ0) is 19.4. The van der Waals surface area contributed by atoms with Crippen molar-refractivity contribution in [3.8, 4) is 11.5 Å². The van der Waals surface area contributed by atoms with Crippen molar-refractivity contribution < 1.29 is 14.6 Å². The highest BCUT2D eigenvalue weighted by Crippen LogP contribution is 2.36. The van der Waals surface area contributed by atoms with Gasteiger partial charge in [0.1, 0.15) is 11.5 Å². The number of methoxy groups -OCH3 is 1. The van der Waals surface area contributed by atoms with E-state index in [1.165, 1.54) is 11.8 Å². The number of carbonyl (C=O) groups excluding carboxylic acids is 1. The molecular weight excluding hydrogens is 428 g/mol. The van der Waals surface area contributed by atoms with Crippen LogP contribution in [0, 0.1) is 0 Å². The normalized spacial score (nSPS) is 17.1. The highest BCUT2D eigenvalue weighted by Gasteiger charge is 2.33. The van der Waals surface area contributed by atoms with Gasteiger partial charge in [0.15, 0.2) is 5.17 Å². The van der Waals surface area contributed by atoms with Gasteiger partial charge in [-0.1, -0.05) is 22.9 Å². The molecular formula is C20H19BrN2O3S. The van der Waals surface area contributed by atoms with E-state index in [4.69, 9.17) is 4.74 Å². The number of ether oxygens (including phenoxy) is 1. The Morgan fingerprint density at radius 1 is 1.26 bits per heavy atom. The number of phenols is 1. The average Bonchev–Trinajstić information content (AvgIpc) is 2.94. The van der Waals surface area contributed by atoms with Crippen LogP contribution in [-0.4, -0.2) is 34.7 Å². The van der Waals surface area contributed by atoms with E-state index in [-0.39, 0.29) is 11.7 Å². The standard InChI is InChI=1S/C20H19BrN2O3S/c1-3-10-23-19(25)18(12-13-11-14(21)4-9-17(13)24)27-20(23)22-15-5-7-16(26-2)8-6-15/h4-9,11-12,24H,3,10H2,1-2H3/b18-12-,22-20?. The van der Waals surface area contributed by atoms with Crippen LogP contribution in [0.1, 0.15) is 18.9 Å². The number of halogens is 1. The van der Waals surface area contributed by atoms with Crippen molar-refractivity contribution in [3.05, 3.63) is 57.4 Å². The van der Waals surface area contributed by atoms with Crippen molar-refractivity contribution >= 4 is 50.5 Å². The molecule has 2 aromatic carbocycles. The Bertz CT molecular complexity index is 910. The number of carbonyl (C=O) groups is 1. The molecule has 1 fully saturated rings. The second kappa shape index (κ2) is 8.63. The first kappa shape index (κ1) is 19.5. The summed E-state index contributed by atoms with van der Waals surface area (Å²) in [6.07, 6.45) is 2.52. The fourth-order valence-electron chi connectivity index (χ4n) is 2.56. The minimum atomic E-state index is -0.103. The van der Waals surface area contributed by atoms with Gasteiger partial charge in [-0.05, 0) is 66.7 Å². The molecule has 1 saturated heterocycles. The summed E-state index contributed by atoms with van der Waals surface area (Å²) in [7, 11) is 1.61. The molecule has 3 rings (SSSR count). The summed E-state index contributed by atoms with van der Waals surface area (Å²) in [6.45, 7) is 2.60. The molecule has 140 valence electrons. The number of rotatable bonds is 5. The van der Waals surface area contributed by atoms with Crippen LogP contribution in [0.25, 0.3) is 6.08 Å². The Morgan fingerprint density at radius 3 is 2.67 bits per heavy atom. The van der Waals surface area contributed by atoms with Crippen LogP contribution in [0.2, 0.25) is 0 Å². The lowest BCUT2D eigenvalue weighted by atomic mass is 10.2. The number of phenolic OH excluding ortho intramolecular Hbond substituents is 1. The molecule has 7 heteroatoms. The molecule has 0 aliphatic carbocycles. The highest BCUT2D eigenvalue weighted by molar-refractivity contribution is 9.10. The van der Waals surface area contributed by atoms with Crippen molar-refractivity contribution in [2.75, 3.05) is 13.7 Å². The van der Waals surface area contributed by atoms with Crippen LogP contribution in [0.15, 0.2) is 56.8 Å². The summed E-state index contributed by atoms with van der Waals surface area (Å²) in [6, 6.07) is 12.5. The number of amides is 1. The van der Waals surface area contributed by atoms with Gasteiger partial charge in [0, 0.05) is 16.6 Å². The van der Waals surface area contributed by atoms with Crippen LogP contribution in [0.5, 0.6) is 11.5 Å². The van der Waals surface area contributed by atoms with Crippen LogP contribution < -0.4 is 4.74 Å². The summed E-state index contributed by atoms with van der Waals surface area (Å²) >= 11 is 4.70. The lowest BCUT2D eigenvalue weighted by molar-refractivity contribution is -0.122.